The van der Waals surface area contributed by atoms with E-state index in [9.17, 15) is 10.2 Å². The minimum Gasteiger partial charge on any atom is -0.504 e. The summed E-state index contributed by atoms with van der Waals surface area (Å²) in [4.78, 5) is 0.664. The van der Waals surface area contributed by atoms with E-state index in [-0.39, 0.29) is 28.9 Å². The van der Waals surface area contributed by atoms with E-state index in [4.69, 9.17) is 5.11 Å². The Hall–Kier alpha value is -0.870. The Morgan fingerprint density at radius 1 is 0.900 bits per heavy atom. The summed E-state index contributed by atoms with van der Waals surface area (Å²) in [6, 6.07) is 1.98. The number of aromatic hydroxyl groups is 2. The fraction of sp³-hybridized carbons (Fsp3) is 0.625. The van der Waals surface area contributed by atoms with Crippen LogP contribution in [0.1, 0.15) is 52.7 Å². The summed E-state index contributed by atoms with van der Waals surface area (Å²) >= 11 is 1.37. The van der Waals surface area contributed by atoms with Gasteiger partial charge in [0, 0.05) is 11.3 Å². The second-order valence-electron chi connectivity index (χ2n) is 7.07. The third-order valence-electron chi connectivity index (χ3n) is 3.18. The molecule has 0 aliphatic rings. The van der Waals surface area contributed by atoms with Gasteiger partial charge in [-0.3, -0.25) is 0 Å². The quantitative estimate of drug-likeness (QED) is 0.587. The van der Waals surface area contributed by atoms with Crippen LogP contribution in [0, 0.1) is 0 Å². The van der Waals surface area contributed by atoms with Crippen LogP contribution < -0.4 is 0 Å². The minimum absolute atomic E-state index is 0.0372. The van der Waals surface area contributed by atoms with Crippen LogP contribution in [0.4, 0.5) is 0 Å². The zero-order valence-electron chi connectivity index (χ0n) is 13.2. The summed E-state index contributed by atoms with van der Waals surface area (Å²) in [5.74, 6) is 0.372. The van der Waals surface area contributed by atoms with Gasteiger partial charge in [-0.25, -0.2) is 0 Å². The first kappa shape index (κ1) is 17.2. The Kier molecular flexibility index (Phi) is 5.03. The Bertz CT molecular complexity index is 482. The van der Waals surface area contributed by atoms with Crippen molar-refractivity contribution >= 4 is 11.8 Å². The van der Waals surface area contributed by atoms with Gasteiger partial charge in [-0.2, -0.15) is 0 Å². The standard InChI is InChI=1S/C16H26O3S/c1-15(2,3)10-9-11(16(4,5)6)14(20-8-7-17)13(19)12(10)18/h9,17-19H,7-8H2,1-6H3. The molecule has 1 aromatic rings. The first-order valence-electron chi connectivity index (χ1n) is 6.83. The molecule has 0 amide bonds. The molecule has 0 heterocycles. The van der Waals surface area contributed by atoms with Crippen LogP contribution in [0.3, 0.4) is 0 Å². The molecule has 0 saturated carbocycles. The molecule has 1 aromatic carbocycles. The smallest absolute Gasteiger partial charge is 0.171 e. The van der Waals surface area contributed by atoms with Gasteiger partial charge in [0.05, 0.1) is 11.5 Å². The first-order chi connectivity index (χ1) is 9.00. The molecule has 114 valence electrons. The minimum atomic E-state index is -0.248. The highest BCUT2D eigenvalue weighted by molar-refractivity contribution is 7.99. The molecule has 4 heteroatoms. The normalized spacial score (nSPS) is 12.8. The van der Waals surface area contributed by atoms with E-state index >= 15 is 0 Å². The van der Waals surface area contributed by atoms with Crippen molar-refractivity contribution in [2.75, 3.05) is 12.4 Å². The predicted octanol–water partition coefficient (Wildman–Crippen LogP) is 3.78. The van der Waals surface area contributed by atoms with E-state index in [1.807, 2.05) is 26.8 Å². The highest BCUT2D eigenvalue weighted by atomic mass is 32.2. The van der Waals surface area contributed by atoms with Gasteiger partial charge in [-0.05, 0) is 22.5 Å². The molecule has 0 unspecified atom stereocenters. The summed E-state index contributed by atoms with van der Waals surface area (Å²) in [7, 11) is 0. The molecule has 3 N–H and O–H groups in total. The Morgan fingerprint density at radius 3 is 1.80 bits per heavy atom. The molecule has 0 spiro atoms. The summed E-state index contributed by atoms with van der Waals surface area (Å²) < 4.78 is 0. The van der Waals surface area contributed by atoms with Gasteiger partial charge in [0.25, 0.3) is 0 Å². The molecule has 1 rings (SSSR count). The monoisotopic (exact) mass is 298 g/mol. The van der Waals surface area contributed by atoms with Gasteiger partial charge >= 0.3 is 0 Å². The number of aliphatic hydroxyl groups excluding tert-OH is 1. The molecule has 0 aliphatic heterocycles. The molecular formula is C16H26O3S. The molecule has 0 radical (unpaired) electrons. The molecule has 0 saturated heterocycles. The maximum absolute atomic E-state index is 10.4. The van der Waals surface area contributed by atoms with Gasteiger partial charge in [-0.15, -0.1) is 11.8 Å². The topological polar surface area (TPSA) is 60.7 Å². The largest absolute Gasteiger partial charge is 0.504 e. The van der Waals surface area contributed by atoms with Crippen molar-refractivity contribution in [2.24, 2.45) is 0 Å². The molecule has 20 heavy (non-hydrogen) atoms. The van der Waals surface area contributed by atoms with Gasteiger partial charge in [0.1, 0.15) is 0 Å². The number of phenolic OH excluding ortho intramolecular Hbond substituents is 2. The van der Waals surface area contributed by atoms with Crippen molar-refractivity contribution in [3.63, 3.8) is 0 Å². The van der Waals surface area contributed by atoms with Crippen molar-refractivity contribution in [2.45, 2.75) is 57.3 Å². The van der Waals surface area contributed by atoms with Crippen LogP contribution in [-0.4, -0.2) is 27.7 Å². The summed E-state index contributed by atoms with van der Waals surface area (Å²) in [5.41, 5.74) is 1.34. The van der Waals surface area contributed by atoms with Gasteiger partial charge in [0.2, 0.25) is 0 Å². The molecular weight excluding hydrogens is 272 g/mol. The highest BCUT2D eigenvalue weighted by Gasteiger charge is 2.29. The number of rotatable bonds is 3. The highest BCUT2D eigenvalue weighted by Crippen LogP contribution is 2.48. The zero-order chi connectivity index (χ0) is 15.7. The van der Waals surface area contributed by atoms with E-state index < -0.39 is 0 Å². The van der Waals surface area contributed by atoms with Crippen molar-refractivity contribution in [1.29, 1.82) is 0 Å². The lowest BCUT2D eigenvalue weighted by Gasteiger charge is -2.29. The Morgan fingerprint density at radius 2 is 1.40 bits per heavy atom. The third kappa shape index (κ3) is 3.61. The van der Waals surface area contributed by atoms with Gasteiger partial charge < -0.3 is 15.3 Å². The fourth-order valence-electron chi connectivity index (χ4n) is 2.06. The maximum Gasteiger partial charge on any atom is 0.171 e. The third-order valence-corrected chi connectivity index (χ3v) is 4.27. The van der Waals surface area contributed by atoms with E-state index in [1.165, 1.54) is 11.8 Å². The number of hydrogen-bond acceptors (Lipinski definition) is 4. The van der Waals surface area contributed by atoms with Crippen molar-refractivity contribution in [3.05, 3.63) is 17.2 Å². The van der Waals surface area contributed by atoms with Gasteiger partial charge in [-0.1, -0.05) is 41.5 Å². The van der Waals surface area contributed by atoms with Crippen LogP contribution in [-0.2, 0) is 10.8 Å². The molecule has 0 aromatic heterocycles. The second-order valence-corrected chi connectivity index (χ2v) is 8.18. The SMILES string of the molecule is CC(C)(C)c1cc(C(C)(C)C)c(SCCO)c(O)c1O. The maximum atomic E-state index is 10.4. The summed E-state index contributed by atoms with van der Waals surface area (Å²) in [5, 5.41) is 29.6. The average Bonchev–Trinajstić information content (AvgIpc) is 2.27. The van der Waals surface area contributed by atoms with E-state index in [0.29, 0.717) is 10.6 Å². The predicted molar refractivity (Wildman–Crippen MR) is 85.0 cm³/mol. The molecule has 0 atom stereocenters. The van der Waals surface area contributed by atoms with Crippen LogP contribution in [0.2, 0.25) is 0 Å². The van der Waals surface area contributed by atoms with Crippen LogP contribution in [0.15, 0.2) is 11.0 Å². The molecule has 0 aliphatic carbocycles. The van der Waals surface area contributed by atoms with Crippen LogP contribution in [0.25, 0.3) is 0 Å². The zero-order valence-corrected chi connectivity index (χ0v) is 14.1. The van der Waals surface area contributed by atoms with Crippen molar-refractivity contribution < 1.29 is 15.3 Å². The van der Waals surface area contributed by atoms with Crippen molar-refractivity contribution in [3.8, 4) is 11.5 Å². The molecule has 0 bridgehead atoms. The lowest BCUT2D eigenvalue weighted by atomic mass is 9.80. The first-order valence-corrected chi connectivity index (χ1v) is 7.82. The van der Waals surface area contributed by atoms with Crippen LogP contribution in [0.5, 0.6) is 11.5 Å². The lowest BCUT2D eigenvalue weighted by molar-refractivity contribution is 0.322. The number of phenols is 2. The van der Waals surface area contributed by atoms with E-state index in [0.717, 1.165) is 11.1 Å². The Balaban J connectivity index is 3.56. The summed E-state index contributed by atoms with van der Waals surface area (Å²) in [6.07, 6.45) is 0. The molecule has 3 nitrogen and oxygen atoms in total. The summed E-state index contributed by atoms with van der Waals surface area (Å²) in [6.45, 7) is 12.3. The second kappa shape index (κ2) is 5.86. The number of benzene rings is 1. The van der Waals surface area contributed by atoms with E-state index in [1.54, 1.807) is 0 Å². The average molecular weight is 298 g/mol. The van der Waals surface area contributed by atoms with Crippen molar-refractivity contribution in [1.82, 2.24) is 0 Å². The van der Waals surface area contributed by atoms with Gasteiger partial charge in [0.15, 0.2) is 11.5 Å². The Labute approximate surface area is 126 Å². The molecule has 0 fully saturated rings. The number of hydrogen-bond donors (Lipinski definition) is 3. The number of aliphatic hydroxyl groups is 1. The fourth-order valence-corrected chi connectivity index (χ4v) is 3.11. The lowest BCUT2D eigenvalue weighted by Crippen LogP contribution is -2.18. The van der Waals surface area contributed by atoms with E-state index in [2.05, 4.69) is 20.8 Å². The number of thioether (sulfide) groups is 1. The van der Waals surface area contributed by atoms with Crippen LogP contribution >= 0.6 is 11.8 Å².